The van der Waals surface area contributed by atoms with E-state index in [-0.39, 0.29) is 11.9 Å². The van der Waals surface area contributed by atoms with Gasteiger partial charge in [-0.1, -0.05) is 32.0 Å². The van der Waals surface area contributed by atoms with Crippen molar-refractivity contribution in [1.82, 2.24) is 14.9 Å². The number of aryl methyl sites for hydroxylation is 1. The van der Waals surface area contributed by atoms with Crippen molar-refractivity contribution in [3.63, 3.8) is 0 Å². The quantitative estimate of drug-likeness (QED) is 0.710. The summed E-state index contributed by atoms with van der Waals surface area (Å²) in [6.45, 7) is 7.35. The fraction of sp³-hybridized carbons (Fsp3) is 0.368. The molecule has 2 aromatic heterocycles. The molecule has 3 rings (SSSR count). The summed E-state index contributed by atoms with van der Waals surface area (Å²) >= 11 is 1.45. The van der Waals surface area contributed by atoms with Crippen LogP contribution in [-0.4, -0.2) is 15.5 Å². The number of fused-ring (bicyclic) bond motifs is 1. The summed E-state index contributed by atoms with van der Waals surface area (Å²) in [4.78, 5) is 17.8. The number of hydrogen-bond acceptors (Lipinski definition) is 3. The number of amides is 1. The maximum atomic E-state index is 12.3. The van der Waals surface area contributed by atoms with E-state index in [2.05, 4.69) is 29.8 Å². The molecule has 1 unspecified atom stereocenters. The Balaban J connectivity index is 1.89. The molecule has 1 aromatic carbocycles. The van der Waals surface area contributed by atoms with Crippen LogP contribution in [0, 0.1) is 5.92 Å². The zero-order valence-corrected chi connectivity index (χ0v) is 15.1. The lowest BCUT2D eigenvalue weighted by molar-refractivity contribution is 0.0941. The highest BCUT2D eigenvalue weighted by molar-refractivity contribution is 7.12. The van der Waals surface area contributed by atoms with Crippen LogP contribution in [0.5, 0.6) is 0 Å². The minimum atomic E-state index is -0.140. The van der Waals surface area contributed by atoms with Gasteiger partial charge < -0.3 is 9.88 Å². The lowest BCUT2D eigenvalue weighted by Gasteiger charge is -2.16. The van der Waals surface area contributed by atoms with Crippen LogP contribution >= 0.6 is 11.3 Å². The first-order valence-electron chi connectivity index (χ1n) is 8.35. The predicted octanol–water partition coefficient (Wildman–Crippen LogP) is 4.63. The van der Waals surface area contributed by atoms with E-state index in [1.807, 2.05) is 42.6 Å². The molecule has 24 heavy (non-hydrogen) atoms. The number of carbonyl (C=O) groups is 1. The summed E-state index contributed by atoms with van der Waals surface area (Å²) in [5.41, 5.74) is 2.11. The van der Waals surface area contributed by atoms with Gasteiger partial charge in [0, 0.05) is 6.54 Å². The smallest absolute Gasteiger partial charge is 0.261 e. The number of nitrogens with zero attached hydrogens (tertiary/aromatic N) is 2. The normalized spacial score (nSPS) is 12.7. The summed E-state index contributed by atoms with van der Waals surface area (Å²) in [7, 11) is 0. The number of nitrogens with one attached hydrogen (secondary N) is 1. The molecule has 0 bridgehead atoms. The SMILES string of the molecule is CC(C)CCn1c(C(C)NC(=O)c2cccs2)nc2ccccc21. The van der Waals surface area contributed by atoms with E-state index >= 15 is 0 Å². The van der Waals surface area contributed by atoms with Crippen molar-refractivity contribution >= 4 is 28.3 Å². The lowest BCUT2D eigenvalue weighted by atomic mass is 10.1. The highest BCUT2D eigenvalue weighted by Crippen LogP contribution is 2.22. The van der Waals surface area contributed by atoms with Crippen molar-refractivity contribution in [3.8, 4) is 0 Å². The highest BCUT2D eigenvalue weighted by atomic mass is 32.1. The summed E-state index contributed by atoms with van der Waals surface area (Å²) in [5.74, 6) is 1.50. The lowest BCUT2D eigenvalue weighted by Crippen LogP contribution is -2.28. The van der Waals surface area contributed by atoms with Gasteiger partial charge in [0.1, 0.15) is 5.82 Å². The molecule has 4 nitrogen and oxygen atoms in total. The standard InChI is InChI=1S/C19H23N3OS/c1-13(2)10-11-22-16-8-5-4-7-15(16)21-18(22)14(3)20-19(23)17-9-6-12-24-17/h4-9,12-14H,10-11H2,1-3H3,(H,20,23). The van der Waals surface area contributed by atoms with Gasteiger partial charge in [-0.3, -0.25) is 4.79 Å². The Hall–Kier alpha value is -2.14. The van der Waals surface area contributed by atoms with E-state index in [0.29, 0.717) is 5.92 Å². The van der Waals surface area contributed by atoms with Gasteiger partial charge in [-0.25, -0.2) is 4.98 Å². The van der Waals surface area contributed by atoms with Crippen LogP contribution in [0.1, 0.15) is 48.7 Å². The van der Waals surface area contributed by atoms with E-state index in [9.17, 15) is 4.79 Å². The Morgan fingerprint density at radius 2 is 2.00 bits per heavy atom. The Bertz CT molecular complexity index is 820. The zero-order valence-electron chi connectivity index (χ0n) is 14.3. The molecule has 2 heterocycles. The number of para-hydroxylation sites is 2. The summed E-state index contributed by atoms with van der Waals surface area (Å²) in [6.07, 6.45) is 1.08. The Labute approximate surface area is 146 Å². The molecule has 1 atom stereocenters. The van der Waals surface area contributed by atoms with Gasteiger partial charge in [-0.05, 0) is 42.8 Å². The van der Waals surface area contributed by atoms with E-state index in [1.165, 1.54) is 11.3 Å². The monoisotopic (exact) mass is 341 g/mol. The molecule has 0 aliphatic heterocycles. The Morgan fingerprint density at radius 3 is 2.71 bits per heavy atom. The van der Waals surface area contributed by atoms with Crippen molar-refractivity contribution in [2.45, 2.75) is 39.8 Å². The molecule has 3 aromatic rings. The molecule has 1 amide bonds. The topological polar surface area (TPSA) is 46.9 Å². The fourth-order valence-electron chi connectivity index (χ4n) is 2.79. The Kier molecular flexibility index (Phi) is 5.00. The van der Waals surface area contributed by atoms with Crippen molar-refractivity contribution in [2.75, 3.05) is 0 Å². The van der Waals surface area contributed by atoms with Gasteiger partial charge in [0.25, 0.3) is 5.91 Å². The van der Waals surface area contributed by atoms with Crippen molar-refractivity contribution in [1.29, 1.82) is 0 Å². The molecule has 1 N–H and O–H groups in total. The molecular weight excluding hydrogens is 318 g/mol. The molecule has 0 saturated carbocycles. The summed E-state index contributed by atoms with van der Waals surface area (Å²) in [5, 5.41) is 4.99. The van der Waals surface area contributed by atoms with Crippen LogP contribution in [0.4, 0.5) is 0 Å². The summed E-state index contributed by atoms with van der Waals surface area (Å²) in [6, 6.07) is 11.8. The van der Waals surface area contributed by atoms with Crippen LogP contribution in [0.25, 0.3) is 11.0 Å². The van der Waals surface area contributed by atoms with Gasteiger partial charge in [0.15, 0.2) is 0 Å². The second-order valence-corrected chi connectivity index (χ2v) is 7.41. The number of benzene rings is 1. The maximum absolute atomic E-state index is 12.3. The first-order chi connectivity index (χ1) is 11.6. The van der Waals surface area contributed by atoms with E-state index < -0.39 is 0 Å². The zero-order chi connectivity index (χ0) is 17.1. The van der Waals surface area contributed by atoms with Gasteiger partial charge in [0.2, 0.25) is 0 Å². The third-order valence-corrected chi connectivity index (χ3v) is 4.96. The highest BCUT2D eigenvalue weighted by Gasteiger charge is 2.19. The average molecular weight is 341 g/mol. The minimum Gasteiger partial charge on any atom is -0.342 e. The molecule has 0 fully saturated rings. The van der Waals surface area contributed by atoms with Crippen LogP contribution in [0.2, 0.25) is 0 Å². The molecule has 0 radical (unpaired) electrons. The second kappa shape index (κ2) is 7.18. The van der Waals surface area contributed by atoms with Crippen molar-refractivity contribution < 1.29 is 4.79 Å². The molecule has 0 saturated heterocycles. The Morgan fingerprint density at radius 1 is 1.21 bits per heavy atom. The first-order valence-corrected chi connectivity index (χ1v) is 9.23. The van der Waals surface area contributed by atoms with E-state index in [0.717, 1.165) is 34.7 Å². The average Bonchev–Trinajstić information content (AvgIpc) is 3.20. The third kappa shape index (κ3) is 3.51. The van der Waals surface area contributed by atoms with Gasteiger partial charge in [-0.15, -0.1) is 11.3 Å². The minimum absolute atomic E-state index is 0.0417. The molecule has 0 aliphatic rings. The van der Waals surface area contributed by atoms with Crippen LogP contribution in [0.15, 0.2) is 41.8 Å². The molecule has 0 spiro atoms. The number of hydrogen-bond donors (Lipinski definition) is 1. The van der Waals surface area contributed by atoms with Crippen molar-refractivity contribution in [3.05, 3.63) is 52.5 Å². The van der Waals surface area contributed by atoms with Gasteiger partial charge >= 0.3 is 0 Å². The fourth-order valence-corrected chi connectivity index (χ4v) is 3.41. The largest absolute Gasteiger partial charge is 0.342 e. The van der Waals surface area contributed by atoms with E-state index in [4.69, 9.17) is 4.98 Å². The maximum Gasteiger partial charge on any atom is 0.261 e. The molecule has 0 aliphatic carbocycles. The predicted molar refractivity (Wildman–Crippen MR) is 99.4 cm³/mol. The first kappa shape index (κ1) is 16.7. The molecule has 126 valence electrons. The van der Waals surface area contributed by atoms with Crippen LogP contribution in [-0.2, 0) is 6.54 Å². The summed E-state index contributed by atoms with van der Waals surface area (Å²) < 4.78 is 2.24. The van der Waals surface area contributed by atoms with Gasteiger partial charge in [0.05, 0.1) is 22.0 Å². The van der Waals surface area contributed by atoms with Crippen molar-refractivity contribution in [2.24, 2.45) is 5.92 Å². The second-order valence-electron chi connectivity index (χ2n) is 6.47. The number of thiophene rings is 1. The number of imidazole rings is 1. The van der Waals surface area contributed by atoms with E-state index in [1.54, 1.807) is 0 Å². The molecule has 5 heteroatoms. The number of rotatable bonds is 6. The van der Waals surface area contributed by atoms with Crippen LogP contribution < -0.4 is 5.32 Å². The molecular formula is C19H23N3OS. The number of carbonyl (C=O) groups excluding carboxylic acids is 1. The van der Waals surface area contributed by atoms with Gasteiger partial charge in [-0.2, -0.15) is 0 Å². The van der Waals surface area contributed by atoms with Crippen LogP contribution in [0.3, 0.4) is 0 Å². The third-order valence-electron chi connectivity index (χ3n) is 4.09. The number of aromatic nitrogens is 2.